The average Bonchev–Trinajstić information content (AvgIpc) is 2.02. The zero-order valence-electron chi connectivity index (χ0n) is 7.08. The van der Waals surface area contributed by atoms with Crippen molar-refractivity contribution < 1.29 is 19.5 Å². The number of phenolic OH excluding ortho intramolecular Hbond substituents is 1. The average molecular weight is 202 g/mol. The summed E-state index contributed by atoms with van der Waals surface area (Å²) in [5.74, 6) is -0.0849. The first-order valence-electron chi connectivity index (χ1n) is 3.76. The summed E-state index contributed by atoms with van der Waals surface area (Å²) >= 11 is 0. The quantitative estimate of drug-likeness (QED) is 0.637. The standard InChI is InChI=1S/C8H11O4P/c1-6(13(10,11)12)7-4-2-3-5-8(7)9/h2-6,9H,1H3,(H2,10,11,12). The van der Waals surface area contributed by atoms with Gasteiger partial charge in [-0.2, -0.15) is 0 Å². The van der Waals surface area contributed by atoms with Crippen LogP contribution < -0.4 is 0 Å². The molecule has 1 aromatic rings. The molecule has 0 bridgehead atoms. The van der Waals surface area contributed by atoms with Crippen molar-refractivity contribution in [2.24, 2.45) is 0 Å². The van der Waals surface area contributed by atoms with E-state index in [9.17, 15) is 9.67 Å². The van der Waals surface area contributed by atoms with Crippen LogP contribution in [0, 0.1) is 0 Å². The molecule has 1 atom stereocenters. The monoisotopic (exact) mass is 202 g/mol. The van der Waals surface area contributed by atoms with Gasteiger partial charge in [0, 0.05) is 5.56 Å². The van der Waals surface area contributed by atoms with Gasteiger partial charge in [-0.25, -0.2) is 0 Å². The molecule has 0 fully saturated rings. The summed E-state index contributed by atoms with van der Waals surface area (Å²) < 4.78 is 10.9. The van der Waals surface area contributed by atoms with E-state index in [4.69, 9.17) is 9.79 Å². The van der Waals surface area contributed by atoms with Crippen molar-refractivity contribution in [3.8, 4) is 5.75 Å². The lowest BCUT2D eigenvalue weighted by Crippen LogP contribution is -1.94. The van der Waals surface area contributed by atoms with Crippen molar-refractivity contribution in [1.82, 2.24) is 0 Å². The molecule has 13 heavy (non-hydrogen) atoms. The molecule has 0 aliphatic rings. The van der Waals surface area contributed by atoms with Crippen LogP contribution >= 0.6 is 7.60 Å². The second-order valence-electron chi connectivity index (χ2n) is 2.82. The van der Waals surface area contributed by atoms with Crippen LogP contribution in [0.25, 0.3) is 0 Å². The summed E-state index contributed by atoms with van der Waals surface area (Å²) in [4.78, 5) is 17.7. The molecular weight excluding hydrogens is 191 g/mol. The van der Waals surface area contributed by atoms with Crippen molar-refractivity contribution in [3.63, 3.8) is 0 Å². The lowest BCUT2D eigenvalue weighted by molar-refractivity contribution is 0.359. The van der Waals surface area contributed by atoms with Gasteiger partial charge in [0.05, 0.1) is 5.66 Å². The maximum Gasteiger partial charge on any atom is 0.332 e. The van der Waals surface area contributed by atoms with E-state index in [1.54, 1.807) is 12.1 Å². The predicted octanol–water partition coefficient (Wildman–Crippen LogP) is 1.63. The van der Waals surface area contributed by atoms with E-state index in [0.29, 0.717) is 0 Å². The fourth-order valence-electron chi connectivity index (χ4n) is 1.02. The van der Waals surface area contributed by atoms with Gasteiger partial charge < -0.3 is 14.9 Å². The van der Waals surface area contributed by atoms with E-state index in [1.165, 1.54) is 19.1 Å². The number of rotatable bonds is 2. The maximum absolute atomic E-state index is 10.9. The van der Waals surface area contributed by atoms with Crippen LogP contribution in [-0.2, 0) is 4.57 Å². The molecule has 0 aromatic heterocycles. The summed E-state index contributed by atoms with van der Waals surface area (Å²) in [5, 5.41) is 9.30. The van der Waals surface area contributed by atoms with E-state index in [-0.39, 0.29) is 11.3 Å². The fourth-order valence-corrected chi connectivity index (χ4v) is 1.60. The minimum atomic E-state index is -4.17. The number of phenols is 1. The summed E-state index contributed by atoms with van der Waals surface area (Å²) in [6, 6.07) is 6.13. The van der Waals surface area contributed by atoms with Gasteiger partial charge in [-0.1, -0.05) is 18.2 Å². The molecule has 0 aliphatic carbocycles. The Morgan fingerprint density at radius 3 is 2.31 bits per heavy atom. The Hall–Kier alpha value is -0.830. The van der Waals surface area contributed by atoms with Gasteiger partial charge in [-0.15, -0.1) is 0 Å². The van der Waals surface area contributed by atoms with Crippen molar-refractivity contribution in [2.45, 2.75) is 12.6 Å². The van der Waals surface area contributed by atoms with Crippen molar-refractivity contribution in [3.05, 3.63) is 29.8 Å². The SMILES string of the molecule is CC(c1ccccc1O)P(=O)(O)O. The fraction of sp³-hybridized carbons (Fsp3) is 0.250. The highest BCUT2D eigenvalue weighted by Gasteiger charge is 2.27. The van der Waals surface area contributed by atoms with Gasteiger partial charge in [0.15, 0.2) is 0 Å². The van der Waals surface area contributed by atoms with E-state index in [2.05, 4.69) is 0 Å². The number of hydrogen-bond acceptors (Lipinski definition) is 2. The molecule has 4 nitrogen and oxygen atoms in total. The first kappa shape index (κ1) is 10.3. The van der Waals surface area contributed by atoms with Crippen LogP contribution in [0.3, 0.4) is 0 Å². The van der Waals surface area contributed by atoms with Crippen molar-refractivity contribution in [1.29, 1.82) is 0 Å². The Labute approximate surface area is 76.0 Å². The lowest BCUT2D eigenvalue weighted by atomic mass is 10.1. The van der Waals surface area contributed by atoms with Gasteiger partial charge in [0.2, 0.25) is 0 Å². The molecule has 3 N–H and O–H groups in total. The molecule has 0 radical (unpaired) electrons. The number of aromatic hydroxyl groups is 1. The van der Waals surface area contributed by atoms with Gasteiger partial charge in [-0.05, 0) is 13.0 Å². The summed E-state index contributed by atoms with van der Waals surface area (Å²) in [6.45, 7) is 1.38. The number of benzene rings is 1. The second kappa shape index (κ2) is 3.50. The van der Waals surface area contributed by atoms with E-state index >= 15 is 0 Å². The van der Waals surface area contributed by atoms with Gasteiger partial charge in [0.25, 0.3) is 0 Å². The largest absolute Gasteiger partial charge is 0.508 e. The zero-order valence-corrected chi connectivity index (χ0v) is 7.98. The topological polar surface area (TPSA) is 77.8 Å². The van der Waals surface area contributed by atoms with E-state index in [1.807, 2.05) is 0 Å². The molecule has 0 heterocycles. The molecule has 1 rings (SSSR count). The molecule has 0 aliphatic heterocycles. The first-order valence-corrected chi connectivity index (χ1v) is 5.44. The van der Waals surface area contributed by atoms with Crippen LogP contribution in [0.4, 0.5) is 0 Å². The molecule has 5 heteroatoms. The Morgan fingerprint density at radius 2 is 1.85 bits per heavy atom. The molecule has 0 amide bonds. The summed E-state index contributed by atoms with van der Waals surface area (Å²) in [6.07, 6.45) is 0. The van der Waals surface area contributed by atoms with Crippen molar-refractivity contribution in [2.75, 3.05) is 0 Å². The Bertz CT molecular complexity index is 344. The van der Waals surface area contributed by atoms with E-state index in [0.717, 1.165) is 0 Å². The Balaban J connectivity index is 3.09. The normalized spacial score (nSPS) is 14.1. The molecule has 0 spiro atoms. The second-order valence-corrected chi connectivity index (χ2v) is 4.78. The maximum atomic E-state index is 10.9. The van der Waals surface area contributed by atoms with Crippen LogP contribution in [0.5, 0.6) is 5.75 Å². The third-order valence-electron chi connectivity index (χ3n) is 1.89. The highest BCUT2D eigenvalue weighted by Crippen LogP contribution is 2.52. The molecule has 1 aromatic carbocycles. The third-order valence-corrected chi connectivity index (χ3v) is 3.18. The van der Waals surface area contributed by atoms with Crippen LogP contribution in [0.1, 0.15) is 18.1 Å². The number of hydrogen-bond donors (Lipinski definition) is 3. The smallest absolute Gasteiger partial charge is 0.332 e. The van der Waals surface area contributed by atoms with Gasteiger partial charge in [0.1, 0.15) is 5.75 Å². The van der Waals surface area contributed by atoms with Crippen molar-refractivity contribution >= 4 is 7.60 Å². The summed E-state index contributed by atoms with van der Waals surface area (Å²) in [7, 11) is -4.17. The minimum absolute atomic E-state index is 0.0849. The molecule has 0 saturated heterocycles. The highest BCUT2D eigenvalue weighted by atomic mass is 31.2. The third kappa shape index (κ3) is 2.31. The predicted molar refractivity (Wildman–Crippen MR) is 48.6 cm³/mol. The highest BCUT2D eigenvalue weighted by molar-refractivity contribution is 7.52. The van der Waals surface area contributed by atoms with Crippen LogP contribution in [0.15, 0.2) is 24.3 Å². The molecule has 0 saturated carbocycles. The molecule has 72 valence electrons. The van der Waals surface area contributed by atoms with Gasteiger partial charge >= 0.3 is 7.60 Å². The van der Waals surface area contributed by atoms with E-state index < -0.39 is 13.3 Å². The lowest BCUT2D eigenvalue weighted by Gasteiger charge is -2.14. The molecule has 1 unspecified atom stereocenters. The van der Waals surface area contributed by atoms with Gasteiger partial charge in [-0.3, -0.25) is 4.57 Å². The zero-order chi connectivity index (χ0) is 10.1. The molecular formula is C8H11O4P. The number of para-hydroxylation sites is 1. The first-order chi connectivity index (χ1) is 5.93. The Morgan fingerprint density at radius 1 is 1.31 bits per heavy atom. The van der Waals surface area contributed by atoms with Crippen LogP contribution in [0.2, 0.25) is 0 Å². The van der Waals surface area contributed by atoms with Crippen LogP contribution in [-0.4, -0.2) is 14.9 Å². The summed E-state index contributed by atoms with van der Waals surface area (Å²) in [5.41, 5.74) is -0.690. The Kier molecular flexibility index (Phi) is 2.76. The minimum Gasteiger partial charge on any atom is -0.508 e.